The molecule has 2 N–H and O–H groups in total. The standard InChI is InChI=1S/C18H32N4/c1-21-14-8-9-17(21)16-10-11-18(20-15-16)22(2)13-7-5-3-4-6-12-19/h10-11,15,17H,3-9,12-14,19H2,1-2H3. The molecule has 124 valence electrons. The van der Waals surface area contributed by atoms with Crippen molar-refractivity contribution in [2.45, 2.75) is 51.0 Å². The Labute approximate surface area is 135 Å². The van der Waals surface area contributed by atoms with Crippen LogP contribution in [0.2, 0.25) is 0 Å². The first-order valence-corrected chi connectivity index (χ1v) is 8.80. The molecule has 0 aliphatic carbocycles. The van der Waals surface area contributed by atoms with E-state index >= 15 is 0 Å². The Morgan fingerprint density at radius 2 is 2.00 bits per heavy atom. The van der Waals surface area contributed by atoms with Crippen molar-refractivity contribution < 1.29 is 0 Å². The Morgan fingerprint density at radius 3 is 2.64 bits per heavy atom. The second-order valence-electron chi connectivity index (χ2n) is 6.57. The van der Waals surface area contributed by atoms with E-state index in [0.29, 0.717) is 6.04 Å². The maximum atomic E-state index is 5.51. The van der Waals surface area contributed by atoms with Gasteiger partial charge >= 0.3 is 0 Å². The first-order chi connectivity index (χ1) is 10.7. The average molecular weight is 304 g/mol. The van der Waals surface area contributed by atoms with Crippen molar-refractivity contribution in [1.29, 1.82) is 0 Å². The molecule has 2 heterocycles. The molecule has 0 radical (unpaired) electrons. The number of nitrogens with zero attached hydrogens (tertiary/aromatic N) is 3. The minimum atomic E-state index is 0.564. The van der Waals surface area contributed by atoms with Gasteiger partial charge < -0.3 is 10.6 Å². The SMILES string of the molecule is CN(CCCCCCCN)c1ccc(C2CCCN2C)cn1. The van der Waals surface area contributed by atoms with E-state index in [0.717, 1.165) is 25.3 Å². The number of hydrogen-bond donors (Lipinski definition) is 1. The van der Waals surface area contributed by atoms with Gasteiger partial charge in [-0.25, -0.2) is 4.98 Å². The van der Waals surface area contributed by atoms with Crippen LogP contribution in [-0.4, -0.2) is 43.6 Å². The largest absolute Gasteiger partial charge is 0.360 e. The molecule has 1 fully saturated rings. The summed E-state index contributed by atoms with van der Waals surface area (Å²) in [4.78, 5) is 9.37. The lowest BCUT2D eigenvalue weighted by molar-refractivity contribution is 0.317. The van der Waals surface area contributed by atoms with Crippen LogP contribution in [0.25, 0.3) is 0 Å². The van der Waals surface area contributed by atoms with Crippen LogP contribution in [0, 0.1) is 0 Å². The van der Waals surface area contributed by atoms with Crippen molar-refractivity contribution in [3.8, 4) is 0 Å². The van der Waals surface area contributed by atoms with Crippen LogP contribution >= 0.6 is 0 Å². The highest BCUT2D eigenvalue weighted by Crippen LogP contribution is 2.30. The topological polar surface area (TPSA) is 45.4 Å². The molecule has 1 aromatic rings. The minimum Gasteiger partial charge on any atom is -0.360 e. The monoisotopic (exact) mass is 304 g/mol. The van der Waals surface area contributed by atoms with Gasteiger partial charge in [-0.05, 0) is 57.5 Å². The molecule has 4 nitrogen and oxygen atoms in total. The smallest absolute Gasteiger partial charge is 0.128 e. The molecule has 1 unspecified atom stereocenters. The van der Waals surface area contributed by atoms with E-state index in [1.54, 1.807) is 0 Å². The molecule has 0 saturated carbocycles. The Kier molecular flexibility index (Phi) is 7.13. The molecule has 1 aliphatic rings. The Bertz CT molecular complexity index is 418. The summed E-state index contributed by atoms with van der Waals surface area (Å²) in [6.45, 7) is 3.11. The van der Waals surface area contributed by atoms with Crippen LogP contribution in [0.3, 0.4) is 0 Å². The lowest BCUT2D eigenvalue weighted by Gasteiger charge is -2.22. The summed E-state index contributed by atoms with van der Waals surface area (Å²) in [5.41, 5.74) is 6.87. The molecule has 22 heavy (non-hydrogen) atoms. The molecular formula is C18H32N4. The van der Waals surface area contributed by atoms with Crippen molar-refractivity contribution in [2.24, 2.45) is 5.73 Å². The third-order valence-electron chi connectivity index (χ3n) is 4.76. The van der Waals surface area contributed by atoms with E-state index in [4.69, 9.17) is 5.73 Å². The number of hydrogen-bond acceptors (Lipinski definition) is 4. The van der Waals surface area contributed by atoms with E-state index in [2.05, 4.69) is 47.2 Å². The molecular weight excluding hydrogens is 272 g/mol. The second kappa shape index (κ2) is 9.11. The van der Waals surface area contributed by atoms with Crippen LogP contribution in [0.5, 0.6) is 0 Å². The fourth-order valence-electron chi connectivity index (χ4n) is 3.29. The van der Waals surface area contributed by atoms with Crippen molar-refractivity contribution in [3.63, 3.8) is 0 Å². The zero-order chi connectivity index (χ0) is 15.8. The lowest BCUT2D eigenvalue weighted by atomic mass is 10.1. The third kappa shape index (κ3) is 4.96. The molecule has 0 bridgehead atoms. The van der Waals surface area contributed by atoms with Gasteiger partial charge in [0.05, 0.1) is 0 Å². The maximum Gasteiger partial charge on any atom is 0.128 e. The normalized spacial score (nSPS) is 18.8. The minimum absolute atomic E-state index is 0.564. The van der Waals surface area contributed by atoms with Gasteiger partial charge in [0, 0.05) is 25.8 Å². The Morgan fingerprint density at radius 1 is 1.23 bits per heavy atom. The number of likely N-dealkylation sites (tertiary alicyclic amines) is 1. The fraction of sp³-hybridized carbons (Fsp3) is 0.722. The lowest BCUT2D eigenvalue weighted by Crippen LogP contribution is -2.21. The average Bonchev–Trinajstić information content (AvgIpc) is 2.97. The van der Waals surface area contributed by atoms with Crippen LogP contribution in [0.4, 0.5) is 5.82 Å². The van der Waals surface area contributed by atoms with E-state index in [9.17, 15) is 0 Å². The van der Waals surface area contributed by atoms with Gasteiger partial charge in [-0.2, -0.15) is 0 Å². The summed E-state index contributed by atoms with van der Waals surface area (Å²) in [5, 5.41) is 0. The molecule has 2 rings (SSSR count). The number of nitrogens with two attached hydrogens (primary N) is 1. The summed E-state index contributed by atoms with van der Waals surface area (Å²) in [5.74, 6) is 1.09. The van der Waals surface area contributed by atoms with Gasteiger partial charge in [-0.15, -0.1) is 0 Å². The van der Waals surface area contributed by atoms with Gasteiger partial charge in [-0.3, -0.25) is 4.90 Å². The van der Waals surface area contributed by atoms with E-state index in [1.807, 2.05) is 0 Å². The molecule has 1 atom stereocenters. The fourth-order valence-corrected chi connectivity index (χ4v) is 3.29. The number of anilines is 1. The van der Waals surface area contributed by atoms with Gasteiger partial charge in [0.1, 0.15) is 5.82 Å². The van der Waals surface area contributed by atoms with Crippen molar-refractivity contribution in [2.75, 3.05) is 38.6 Å². The Hall–Kier alpha value is -1.13. The molecule has 0 amide bonds. The van der Waals surface area contributed by atoms with Gasteiger partial charge in [0.15, 0.2) is 0 Å². The summed E-state index contributed by atoms with van der Waals surface area (Å²) >= 11 is 0. The number of rotatable bonds is 9. The van der Waals surface area contributed by atoms with Crippen LogP contribution in [0.1, 0.15) is 56.6 Å². The highest BCUT2D eigenvalue weighted by Gasteiger charge is 2.22. The zero-order valence-corrected chi connectivity index (χ0v) is 14.3. The summed E-state index contributed by atoms with van der Waals surface area (Å²) in [6, 6.07) is 5.00. The Balaban J connectivity index is 1.75. The molecule has 1 saturated heterocycles. The molecule has 1 aliphatic heterocycles. The number of unbranched alkanes of at least 4 members (excludes halogenated alkanes) is 4. The molecule has 1 aromatic heterocycles. The van der Waals surface area contributed by atoms with Crippen LogP contribution in [0.15, 0.2) is 18.3 Å². The summed E-state index contributed by atoms with van der Waals surface area (Å²) in [6.07, 6.45) is 10.9. The zero-order valence-electron chi connectivity index (χ0n) is 14.3. The summed E-state index contributed by atoms with van der Waals surface area (Å²) < 4.78 is 0. The summed E-state index contributed by atoms with van der Waals surface area (Å²) in [7, 11) is 4.35. The second-order valence-corrected chi connectivity index (χ2v) is 6.57. The predicted molar refractivity (Wildman–Crippen MR) is 94.3 cm³/mol. The highest BCUT2D eigenvalue weighted by molar-refractivity contribution is 5.38. The quantitative estimate of drug-likeness (QED) is 0.712. The first kappa shape index (κ1) is 17.2. The van der Waals surface area contributed by atoms with Crippen molar-refractivity contribution >= 4 is 5.82 Å². The highest BCUT2D eigenvalue weighted by atomic mass is 15.2. The van der Waals surface area contributed by atoms with E-state index in [-0.39, 0.29) is 0 Å². The van der Waals surface area contributed by atoms with Crippen LogP contribution < -0.4 is 10.6 Å². The van der Waals surface area contributed by atoms with Gasteiger partial charge in [0.2, 0.25) is 0 Å². The van der Waals surface area contributed by atoms with Gasteiger partial charge in [-0.1, -0.05) is 25.3 Å². The van der Waals surface area contributed by atoms with E-state index in [1.165, 1.54) is 50.6 Å². The first-order valence-electron chi connectivity index (χ1n) is 8.80. The maximum absolute atomic E-state index is 5.51. The number of aromatic nitrogens is 1. The van der Waals surface area contributed by atoms with Gasteiger partial charge in [0.25, 0.3) is 0 Å². The third-order valence-corrected chi connectivity index (χ3v) is 4.76. The van der Waals surface area contributed by atoms with Crippen molar-refractivity contribution in [1.82, 2.24) is 9.88 Å². The molecule has 0 aromatic carbocycles. The number of pyridine rings is 1. The van der Waals surface area contributed by atoms with Crippen molar-refractivity contribution in [3.05, 3.63) is 23.9 Å². The predicted octanol–water partition coefficient (Wildman–Crippen LogP) is 3.19. The van der Waals surface area contributed by atoms with E-state index < -0.39 is 0 Å². The molecule has 0 spiro atoms. The van der Waals surface area contributed by atoms with Crippen LogP contribution in [-0.2, 0) is 0 Å². The molecule has 4 heteroatoms.